The van der Waals surface area contributed by atoms with E-state index in [0.717, 1.165) is 30.3 Å². The number of hydrogen-bond donors (Lipinski definition) is 3. The van der Waals surface area contributed by atoms with E-state index < -0.39 is 0 Å². The van der Waals surface area contributed by atoms with Gasteiger partial charge >= 0.3 is 0 Å². The monoisotopic (exact) mass is 368 g/mol. The van der Waals surface area contributed by atoms with E-state index in [4.69, 9.17) is 4.98 Å². The van der Waals surface area contributed by atoms with E-state index in [-0.39, 0.29) is 23.4 Å². The Morgan fingerprint density at radius 3 is 2.81 bits per heavy atom. The van der Waals surface area contributed by atoms with Gasteiger partial charge in [-0.05, 0) is 25.3 Å². The fourth-order valence-corrected chi connectivity index (χ4v) is 4.77. The summed E-state index contributed by atoms with van der Waals surface area (Å²) < 4.78 is 2.18. The molecule has 0 radical (unpaired) electrons. The molecule has 2 aliphatic heterocycles. The summed E-state index contributed by atoms with van der Waals surface area (Å²) >= 11 is 0. The van der Waals surface area contributed by atoms with Crippen LogP contribution in [0.15, 0.2) is 12.3 Å². The lowest BCUT2D eigenvalue weighted by Crippen LogP contribution is -2.52. The minimum absolute atomic E-state index is 0.0336. The second-order valence-electron chi connectivity index (χ2n) is 7.99. The SMILES string of the molecule is O=C1CC[C@H](Nc2ncc3cc4n(c3n2)C2(CCCCC2)CNC4=O)CN1. The lowest BCUT2D eigenvalue weighted by atomic mass is 9.80. The number of amides is 2. The Balaban J connectivity index is 1.53. The van der Waals surface area contributed by atoms with Gasteiger partial charge < -0.3 is 20.5 Å². The number of carbonyl (C=O) groups is 2. The van der Waals surface area contributed by atoms with Crippen LogP contribution in [0, 0.1) is 0 Å². The molecular formula is C19H24N6O2. The molecule has 142 valence electrons. The molecule has 27 heavy (non-hydrogen) atoms. The molecule has 8 heteroatoms. The van der Waals surface area contributed by atoms with E-state index in [2.05, 4.69) is 25.5 Å². The minimum atomic E-state index is -0.0757. The van der Waals surface area contributed by atoms with Crippen molar-refractivity contribution in [1.82, 2.24) is 25.2 Å². The van der Waals surface area contributed by atoms with Gasteiger partial charge in [-0.2, -0.15) is 4.98 Å². The molecule has 2 fully saturated rings. The first-order chi connectivity index (χ1) is 13.1. The summed E-state index contributed by atoms with van der Waals surface area (Å²) in [5, 5.41) is 10.2. The standard InChI is InChI=1S/C19H24N6O2/c26-15-5-4-13(10-20-15)23-18-21-9-12-8-14-17(27)22-11-19(6-2-1-3-7-19)25(14)16(12)24-18/h8-9,13H,1-7,10-11H2,(H,20,26)(H,22,27)(H,21,23,24)/t13-/m0/s1. The Kier molecular flexibility index (Phi) is 3.80. The molecule has 1 atom stereocenters. The number of anilines is 1. The lowest BCUT2D eigenvalue weighted by Gasteiger charge is -2.42. The van der Waals surface area contributed by atoms with Crippen molar-refractivity contribution in [2.24, 2.45) is 0 Å². The summed E-state index contributed by atoms with van der Waals surface area (Å²) in [7, 11) is 0. The third kappa shape index (κ3) is 2.74. The smallest absolute Gasteiger partial charge is 0.268 e. The molecule has 2 aromatic rings. The van der Waals surface area contributed by atoms with Gasteiger partial charge in [0.2, 0.25) is 11.9 Å². The topological polar surface area (TPSA) is 101 Å². The zero-order valence-electron chi connectivity index (χ0n) is 15.3. The molecule has 2 aromatic heterocycles. The van der Waals surface area contributed by atoms with Crippen molar-refractivity contribution in [1.29, 1.82) is 0 Å². The van der Waals surface area contributed by atoms with Crippen molar-refractivity contribution in [3.63, 3.8) is 0 Å². The first kappa shape index (κ1) is 16.5. The van der Waals surface area contributed by atoms with Gasteiger partial charge in [-0.25, -0.2) is 4.98 Å². The van der Waals surface area contributed by atoms with Crippen molar-refractivity contribution in [2.45, 2.75) is 56.5 Å². The van der Waals surface area contributed by atoms with Crippen molar-refractivity contribution < 1.29 is 9.59 Å². The predicted molar refractivity (Wildman–Crippen MR) is 101 cm³/mol. The largest absolute Gasteiger partial charge is 0.354 e. The first-order valence-corrected chi connectivity index (χ1v) is 9.85. The van der Waals surface area contributed by atoms with Crippen LogP contribution in [0.5, 0.6) is 0 Å². The summed E-state index contributed by atoms with van der Waals surface area (Å²) in [6, 6.07) is 2.04. The van der Waals surface area contributed by atoms with E-state index in [1.807, 2.05) is 6.07 Å². The summed E-state index contributed by atoms with van der Waals surface area (Å²) in [5.41, 5.74) is 1.45. The quantitative estimate of drug-likeness (QED) is 0.746. The maximum absolute atomic E-state index is 12.5. The van der Waals surface area contributed by atoms with Gasteiger partial charge in [-0.3, -0.25) is 9.59 Å². The molecule has 0 bridgehead atoms. The molecule has 5 rings (SSSR count). The van der Waals surface area contributed by atoms with Crippen LogP contribution in [0.2, 0.25) is 0 Å². The Hall–Kier alpha value is -2.64. The van der Waals surface area contributed by atoms with E-state index in [1.165, 1.54) is 19.3 Å². The van der Waals surface area contributed by atoms with Gasteiger partial charge in [0.1, 0.15) is 11.3 Å². The number of rotatable bonds is 2. The van der Waals surface area contributed by atoms with Crippen LogP contribution in [0.1, 0.15) is 55.4 Å². The first-order valence-electron chi connectivity index (χ1n) is 9.85. The number of aromatic nitrogens is 3. The third-order valence-electron chi connectivity index (χ3n) is 6.21. The van der Waals surface area contributed by atoms with Crippen LogP contribution in [0.25, 0.3) is 11.0 Å². The zero-order valence-corrected chi connectivity index (χ0v) is 15.3. The Morgan fingerprint density at radius 2 is 2.04 bits per heavy atom. The van der Waals surface area contributed by atoms with E-state index in [9.17, 15) is 9.59 Å². The molecule has 1 saturated heterocycles. The number of nitrogens with one attached hydrogen (secondary N) is 3. The molecular weight excluding hydrogens is 344 g/mol. The second kappa shape index (κ2) is 6.21. The molecule has 1 aliphatic carbocycles. The number of nitrogens with zero attached hydrogens (tertiary/aromatic N) is 3. The summed E-state index contributed by atoms with van der Waals surface area (Å²) in [5.74, 6) is 0.616. The molecule has 1 saturated carbocycles. The zero-order chi connectivity index (χ0) is 18.4. The van der Waals surface area contributed by atoms with Crippen LogP contribution >= 0.6 is 0 Å². The molecule has 1 spiro atoms. The lowest BCUT2D eigenvalue weighted by molar-refractivity contribution is -0.122. The second-order valence-corrected chi connectivity index (χ2v) is 7.99. The fourth-order valence-electron chi connectivity index (χ4n) is 4.77. The van der Waals surface area contributed by atoms with Gasteiger partial charge in [-0.15, -0.1) is 0 Å². The maximum atomic E-state index is 12.5. The highest BCUT2D eigenvalue weighted by Gasteiger charge is 2.41. The number of carbonyl (C=O) groups excluding carboxylic acids is 2. The predicted octanol–water partition coefficient (Wildman–Crippen LogP) is 1.52. The highest BCUT2D eigenvalue weighted by molar-refractivity contribution is 5.99. The van der Waals surface area contributed by atoms with E-state index >= 15 is 0 Å². The van der Waals surface area contributed by atoms with Crippen LogP contribution < -0.4 is 16.0 Å². The van der Waals surface area contributed by atoms with E-state index in [0.29, 0.717) is 31.2 Å². The van der Waals surface area contributed by atoms with Crippen molar-refractivity contribution in [3.8, 4) is 0 Å². The summed E-state index contributed by atoms with van der Waals surface area (Å²) in [6.07, 6.45) is 8.80. The molecule has 4 heterocycles. The normalized spacial score (nSPS) is 24.4. The molecule has 0 unspecified atom stereocenters. The number of fused-ring (bicyclic) bond motifs is 4. The summed E-state index contributed by atoms with van der Waals surface area (Å²) in [4.78, 5) is 33.1. The summed E-state index contributed by atoms with van der Waals surface area (Å²) in [6.45, 7) is 1.25. The average molecular weight is 368 g/mol. The van der Waals surface area contributed by atoms with Crippen LogP contribution in [-0.4, -0.2) is 45.5 Å². The van der Waals surface area contributed by atoms with Gasteiger partial charge in [-0.1, -0.05) is 19.3 Å². The Bertz CT molecular complexity index is 904. The molecule has 2 amide bonds. The highest BCUT2D eigenvalue weighted by atomic mass is 16.2. The van der Waals surface area contributed by atoms with Crippen LogP contribution in [0.3, 0.4) is 0 Å². The maximum Gasteiger partial charge on any atom is 0.268 e. The van der Waals surface area contributed by atoms with Gasteiger partial charge in [0, 0.05) is 37.1 Å². The molecule has 0 aromatic carbocycles. The van der Waals surface area contributed by atoms with Gasteiger partial charge in [0.05, 0.1) is 5.54 Å². The number of piperidine rings is 1. The molecule has 3 aliphatic rings. The molecule has 8 nitrogen and oxygen atoms in total. The molecule has 3 N–H and O–H groups in total. The van der Waals surface area contributed by atoms with Gasteiger partial charge in [0.15, 0.2) is 0 Å². The number of hydrogen-bond acceptors (Lipinski definition) is 5. The van der Waals surface area contributed by atoms with Crippen LogP contribution in [-0.2, 0) is 10.3 Å². The minimum Gasteiger partial charge on any atom is -0.354 e. The van der Waals surface area contributed by atoms with E-state index in [1.54, 1.807) is 6.20 Å². The third-order valence-corrected chi connectivity index (χ3v) is 6.21. The van der Waals surface area contributed by atoms with Gasteiger partial charge in [0.25, 0.3) is 5.91 Å². The van der Waals surface area contributed by atoms with Crippen molar-refractivity contribution in [3.05, 3.63) is 18.0 Å². The highest BCUT2D eigenvalue weighted by Crippen LogP contribution is 2.40. The van der Waals surface area contributed by atoms with Crippen molar-refractivity contribution in [2.75, 3.05) is 18.4 Å². The van der Waals surface area contributed by atoms with Crippen LogP contribution in [0.4, 0.5) is 5.95 Å². The Morgan fingerprint density at radius 1 is 1.19 bits per heavy atom. The van der Waals surface area contributed by atoms with Crippen molar-refractivity contribution >= 4 is 28.8 Å². The fraction of sp³-hybridized carbons (Fsp3) is 0.579. The average Bonchev–Trinajstić information content (AvgIpc) is 3.08. The Labute approximate surface area is 157 Å².